The lowest BCUT2D eigenvalue weighted by molar-refractivity contribution is -0.385. The Bertz CT molecular complexity index is 759. The van der Waals surface area contributed by atoms with Crippen LogP contribution < -0.4 is 10.1 Å². The van der Waals surface area contributed by atoms with Crippen LogP contribution in [0.2, 0.25) is 0 Å². The lowest BCUT2D eigenvalue weighted by Crippen LogP contribution is -2.13. The van der Waals surface area contributed by atoms with Crippen LogP contribution >= 0.6 is 0 Å². The first-order chi connectivity index (χ1) is 12.1. The third-order valence-corrected chi connectivity index (χ3v) is 3.12. The fourth-order valence-corrected chi connectivity index (χ4v) is 1.89. The minimum Gasteiger partial charge on any atom is -0.497 e. The molecule has 8 heteroatoms. The Labute approximate surface area is 144 Å². The maximum absolute atomic E-state index is 11.6. The Balaban J connectivity index is 1.73. The monoisotopic (exact) mass is 343 g/mol. The van der Waals surface area contributed by atoms with Crippen LogP contribution in [0.1, 0.15) is 5.56 Å². The van der Waals surface area contributed by atoms with Gasteiger partial charge >= 0.3 is 5.97 Å². The Morgan fingerprint density at radius 3 is 2.88 bits per heavy atom. The van der Waals surface area contributed by atoms with E-state index < -0.39 is 10.9 Å². The number of benzene rings is 1. The van der Waals surface area contributed by atoms with Crippen LogP contribution in [0.3, 0.4) is 0 Å². The molecule has 1 aromatic carbocycles. The summed E-state index contributed by atoms with van der Waals surface area (Å²) in [5, 5.41) is 13.4. The van der Waals surface area contributed by atoms with Gasteiger partial charge in [-0.25, -0.2) is 9.78 Å². The van der Waals surface area contributed by atoms with Crippen molar-refractivity contribution in [3.63, 3.8) is 0 Å². The average Bonchev–Trinajstić information content (AvgIpc) is 2.64. The molecule has 0 bridgehead atoms. The number of ether oxygens (including phenoxy) is 2. The summed E-state index contributed by atoms with van der Waals surface area (Å²) >= 11 is 0. The fraction of sp³-hybridized carbons (Fsp3) is 0.176. The Kier molecular flexibility index (Phi) is 6.47. The van der Waals surface area contributed by atoms with E-state index in [-0.39, 0.29) is 12.3 Å². The molecule has 0 aliphatic heterocycles. The van der Waals surface area contributed by atoms with Gasteiger partial charge in [0.1, 0.15) is 24.4 Å². The minimum atomic E-state index is -0.521. The van der Waals surface area contributed by atoms with E-state index in [4.69, 9.17) is 9.47 Å². The third kappa shape index (κ3) is 5.94. The van der Waals surface area contributed by atoms with E-state index in [9.17, 15) is 14.9 Å². The van der Waals surface area contributed by atoms with Gasteiger partial charge in [0, 0.05) is 12.1 Å². The van der Waals surface area contributed by atoms with Crippen LogP contribution in [-0.4, -0.2) is 36.1 Å². The molecule has 0 fully saturated rings. The number of rotatable bonds is 8. The second-order valence-electron chi connectivity index (χ2n) is 4.86. The van der Waals surface area contributed by atoms with E-state index in [2.05, 4.69) is 10.3 Å². The molecule has 8 nitrogen and oxygen atoms in total. The van der Waals surface area contributed by atoms with Gasteiger partial charge in [-0.15, -0.1) is 0 Å². The summed E-state index contributed by atoms with van der Waals surface area (Å²) in [5.74, 6) is 0.699. The van der Waals surface area contributed by atoms with Gasteiger partial charge < -0.3 is 14.8 Å². The topological polar surface area (TPSA) is 104 Å². The van der Waals surface area contributed by atoms with Gasteiger partial charge in [-0.3, -0.25) is 10.1 Å². The summed E-state index contributed by atoms with van der Waals surface area (Å²) in [6, 6.07) is 10.1. The molecule has 2 rings (SSSR count). The molecule has 25 heavy (non-hydrogen) atoms. The number of nitro groups is 1. The molecule has 0 aliphatic carbocycles. The molecule has 0 spiro atoms. The van der Waals surface area contributed by atoms with Gasteiger partial charge in [-0.1, -0.05) is 12.1 Å². The van der Waals surface area contributed by atoms with Crippen molar-refractivity contribution in [1.82, 2.24) is 4.98 Å². The Morgan fingerprint density at radius 1 is 1.36 bits per heavy atom. The van der Waals surface area contributed by atoms with Crippen LogP contribution in [0.25, 0.3) is 6.08 Å². The van der Waals surface area contributed by atoms with E-state index in [0.717, 1.165) is 11.8 Å². The zero-order valence-electron chi connectivity index (χ0n) is 13.5. The first-order valence-corrected chi connectivity index (χ1v) is 7.41. The van der Waals surface area contributed by atoms with E-state index in [1.807, 2.05) is 18.2 Å². The quantitative estimate of drug-likeness (QED) is 0.258. The van der Waals surface area contributed by atoms with E-state index in [1.165, 1.54) is 18.2 Å². The summed E-state index contributed by atoms with van der Waals surface area (Å²) in [4.78, 5) is 25.5. The van der Waals surface area contributed by atoms with Gasteiger partial charge in [-0.05, 0) is 29.8 Å². The third-order valence-electron chi connectivity index (χ3n) is 3.12. The van der Waals surface area contributed by atoms with Crippen molar-refractivity contribution >= 4 is 23.6 Å². The molecule has 1 aromatic heterocycles. The zero-order chi connectivity index (χ0) is 18.1. The molecular formula is C17H17N3O5. The van der Waals surface area contributed by atoms with Crippen molar-refractivity contribution in [1.29, 1.82) is 0 Å². The Hall–Kier alpha value is -3.42. The first-order valence-electron chi connectivity index (χ1n) is 7.41. The molecule has 0 amide bonds. The highest BCUT2D eigenvalue weighted by molar-refractivity contribution is 5.87. The number of carbonyl (C=O) groups excluding carboxylic acids is 1. The highest BCUT2D eigenvalue weighted by atomic mass is 16.6. The number of hydrogen-bond donors (Lipinski definition) is 1. The lowest BCUT2D eigenvalue weighted by Gasteiger charge is -2.05. The molecule has 130 valence electrons. The molecule has 0 aliphatic rings. The average molecular weight is 343 g/mol. The van der Waals surface area contributed by atoms with Crippen LogP contribution in [-0.2, 0) is 9.53 Å². The summed E-state index contributed by atoms with van der Waals surface area (Å²) < 4.78 is 10.2. The van der Waals surface area contributed by atoms with Crippen LogP contribution in [0, 0.1) is 10.1 Å². The van der Waals surface area contributed by atoms with Crippen molar-refractivity contribution in [3.8, 4) is 5.75 Å². The minimum absolute atomic E-state index is 0.0837. The van der Waals surface area contributed by atoms with Crippen LogP contribution in [0.15, 0.2) is 48.7 Å². The van der Waals surface area contributed by atoms with Gasteiger partial charge in [0.25, 0.3) is 5.69 Å². The van der Waals surface area contributed by atoms with Crippen molar-refractivity contribution in [2.75, 3.05) is 25.6 Å². The smallest absolute Gasteiger partial charge is 0.330 e. The standard InChI is InChI=1S/C17H17N3O5/c1-24-15-4-2-3-13(11-15)5-8-17(21)25-10-9-18-16-7-6-14(12-19-16)20(22)23/h2-8,11-12H,9-10H2,1H3,(H,18,19)/b8-5+. The summed E-state index contributed by atoms with van der Waals surface area (Å²) in [7, 11) is 1.57. The normalized spacial score (nSPS) is 10.4. The van der Waals surface area contributed by atoms with Gasteiger partial charge in [0.15, 0.2) is 0 Å². The number of pyridine rings is 1. The van der Waals surface area contributed by atoms with Crippen LogP contribution in [0.5, 0.6) is 5.75 Å². The molecule has 0 radical (unpaired) electrons. The molecule has 0 atom stereocenters. The highest BCUT2D eigenvalue weighted by Gasteiger charge is 2.05. The maximum Gasteiger partial charge on any atom is 0.330 e. The molecular weight excluding hydrogens is 326 g/mol. The maximum atomic E-state index is 11.6. The molecule has 0 saturated carbocycles. The van der Waals surface area contributed by atoms with Crippen molar-refractivity contribution in [2.45, 2.75) is 0 Å². The SMILES string of the molecule is COc1cccc(/C=C/C(=O)OCCNc2ccc([N+](=O)[O-])cn2)c1. The lowest BCUT2D eigenvalue weighted by atomic mass is 10.2. The predicted molar refractivity (Wildman–Crippen MR) is 92.4 cm³/mol. The van der Waals surface area contributed by atoms with Crippen LogP contribution in [0.4, 0.5) is 11.5 Å². The van der Waals surface area contributed by atoms with E-state index >= 15 is 0 Å². The molecule has 1 N–H and O–H groups in total. The molecule has 2 aromatic rings. The number of nitrogens with zero attached hydrogens (tertiary/aromatic N) is 2. The highest BCUT2D eigenvalue weighted by Crippen LogP contribution is 2.14. The number of methoxy groups -OCH3 is 1. The fourth-order valence-electron chi connectivity index (χ4n) is 1.89. The Morgan fingerprint density at radius 2 is 2.20 bits per heavy atom. The predicted octanol–water partition coefficient (Wildman–Crippen LogP) is 2.67. The molecule has 1 heterocycles. The number of anilines is 1. The van der Waals surface area contributed by atoms with E-state index in [1.54, 1.807) is 19.3 Å². The van der Waals surface area contributed by atoms with E-state index in [0.29, 0.717) is 18.1 Å². The molecule has 0 unspecified atom stereocenters. The summed E-state index contributed by atoms with van der Waals surface area (Å²) in [5.41, 5.74) is 0.740. The second-order valence-corrected chi connectivity index (χ2v) is 4.86. The second kappa shape index (κ2) is 9.02. The molecule has 0 saturated heterocycles. The van der Waals surface area contributed by atoms with Gasteiger partial charge in [-0.2, -0.15) is 0 Å². The first kappa shape index (κ1) is 17.9. The summed E-state index contributed by atoms with van der Waals surface area (Å²) in [6.45, 7) is 0.476. The largest absolute Gasteiger partial charge is 0.497 e. The van der Waals surface area contributed by atoms with Crippen molar-refractivity contribution in [3.05, 3.63) is 64.3 Å². The number of esters is 1. The van der Waals surface area contributed by atoms with Gasteiger partial charge in [0.05, 0.1) is 18.6 Å². The number of hydrogen-bond acceptors (Lipinski definition) is 7. The number of aromatic nitrogens is 1. The number of carbonyl (C=O) groups is 1. The van der Waals surface area contributed by atoms with Gasteiger partial charge in [0.2, 0.25) is 0 Å². The van der Waals surface area contributed by atoms with Crippen molar-refractivity contribution < 1.29 is 19.2 Å². The van der Waals surface area contributed by atoms with Crippen molar-refractivity contribution in [2.24, 2.45) is 0 Å². The summed E-state index contributed by atoms with van der Waals surface area (Å²) in [6.07, 6.45) is 4.13. The zero-order valence-corrected chi connectivity index (χ0v) is 13.5. The number of nitrogens with one attached hydrogen (secondary N) is 1.